The number of hydrogen-bond acceptors (Lipinski definition) is 5. The van der Waals surface area contributed by atoms with Gasteiger partial charge in [-0.05, 0) is 31.5 Å². The van der Waals surface area contributed by atoms with Crippen molar-refractivity contribution in [3.63, 3.8) is 0 Å². The minimum atomic E-state index is -0.554. The van der Waals surface area contributed by atoms with E-state index in [-0.39, 0.29) is 30.8 Å². The Morgan fingerprint density at radius 1 is 1.26 bits per heavy atom. The molecule has 1 rings (SSSR count). The molecule has 0 bridgehead atoms. The zero-order valence-corrected chi connectivity index (χ0v) is 14.4. The van der Waals surface area contributed by atoms with Crippen LogP contribution in [-0.4, -0.2) is 38.1 Å². The molecule has 2 amide bonds. The number of hydrogen-bond donors (Lipinski definition) is 3. The predicted molar refractivity (Wildman–Crippen MR) is 89.9 cm³/mol. The third kappa shape index (κ3) is 7.21. The van der Waals surface area contributed by atoms with Crippen molar-refractivity contribution in [2.75, 3.05) is 20.3 Å². The van der Waals surface area contributed by atoms with Crippen molar-refractivity contribution in [3.05, 3.63) is 23.8 Å². The van der Waals surface area contributed by atoms with Gasteiger partial charge in [-0.25, -0.2) is 0 Å². The number of likely N-dealkylation sites (N-methyl/N-ethyl adjacent to an activating group) is 1. The lowest BCUT2D eigenvalue weighted by atomic mass is 10.2. The summed E-state index contributed by atoms with van der Waals surface area (Å²) in [6.45, 7) is 4.27. The maximum absolute atomic E-state index is 11.4. The van der Waals surface area contributed by atoms with Crippen LogP contribution in [0.15, 0.2) is 18.2 Å². The van der Waals surface area contributed by atoms with Gasteiger partial charge in [0.1, 0.15) is 0 Å². The first-order valence-electron chi connectivity index (χ1n) is 7.07. The lowest BCUT2D eigenvalue weighted by Gasteiger charge is -2.13. The average molecular weight is 346 g/mol. The molecule has 0 radical (unpaired) electrons. The van der Waals surface area contributed by atoms with E-state index in [1.807, 2.05) is 6.92 Å². The van der Waals surface area contributed by atoms with Gasteiger partial charge in [0.25, 0.3) is 5.91 Å². The Morgan fingerprint density at radius 2 is 1.96 bits per heavy atom. The molecule has 1 atom stereocenters. The van der Waals surface area contributed by atoms with E-state index >= 15 is 0 Å². The lowest BCUT2D eigenvalue weighted by Crippen LogP contribution is -2.37. The van der Waals surface area contributed by atoms with Gasteiger partial charge in [-0.3, -0.25) is 9.59 Å². The zero-order valence-electron chi connectivity index (χ0n) is 13.5. The van der Waals surface area contributed by atoms with Crippen LogP contribution in [-0.2, 0) is 16.1 Å². The highest BCUT2D eigenvalue weighted by Gasteiger charge is 2.10. The van der Waals surface area contributed by atoms with Crippen LogP contribution in [0.5, 0.6) is 11.5 Å². The summed E-state index contributed by atoms with van der Waals surface area (Å²) in [7, 11) is 1.51. The third-order valence-corrected chi connectivity index (χ3v) is 2.84. The molecule has 7 nitrogen and oxygen atoms in total. The monoisotopic (exact) mass is 345 g/mol. The SMILES string of the molecule is CCNC(=O)COc1ccc(CNC(=O)[C@@H](C)N)cc1OC.Cl. The van der Waals surface area contributed by atoms with Gasteiger partial charge in [-0.2, -0.15) is 0 Å². The highest BCUT2D eigenvalue weighted by molar-refractivity contribution is 5.85. The predicted octanol–water partition coefficient (Wildman–Crippen LogP) is 0.595. The molecule has 0 fully saturated rings. The molecule has 0 saturated heterocycles. The molecule has 0 unspecified atom stereocenters. The first kappa shape index (κ1) is 21.0. The summed E-state index contributed by atoms with van der Waals surface area (Å²) in [5.41, 5.74) is 6.32. The van der Waals surface area contributed by atoms with Crippen molar-refractivity contribution in [1.82, 2.24) is 10.6 Å². The van der Waals surface area contributed by atoms with E-state index in [1.54, 1.807) is 25.1 Å². The number of benzene rings is 1. The minimum Gasteiger partial charge on any atom is -0.493 e. The van der Waals surface area contributed by atoms with Crippen LogP contribution < -0.4 is 25.8 Å². The highest BCUT2D eigenvalue weighted by atomic mass is 35.5. The number of rotatable bonds is 8. The number of carbonyl (C=O) groups excluding carboxylic acids is 2. The molecule has 0 aliphatic heterocycles. The third-order valence-electron chi connectivity index (χ3n) is 2.84. The van der Waals surface area contributed by atoms with Gasteiger partial charge in [0.15, 0.2) is 18.1 Å². The molecule has 8 heteroatoms. The molecule has 0 spiro atoms. The summed E-state index contributed by atoms with van der Waals surface area (Å²) in [5, 5.41) is 5.36. The van der Waals surface area contributed by atoms with Crippen LogP contribution in [0.4, 0.5) is 0 Å². The van der Waals surface area contributed by atoms with Crippen molar-refractivity contribution in [1.29, 1.82) is 0 Å². The number of carbonyl (C=O) groups is 2. The van der Waals surface area contributed by atoms with Gasteiger partial charge in [-0.1, -0.05) is 6.07 Å². The van der Waals surface area contributed by atoms with Crippen molar-refractivity contribution in [2.45, 2.75) is 26.4 Å². The number of amides is 2. The average Bonchev–Trinajstić information content (AvgIpc) is 2.50. The molecule has 0 saturated carbocycles. The number of ether oxygens (including phenoxy) is 2. The largest absolute Gasteiger partial charge is 0.493 e. The van der Waals surface area contributed by atoms with Crippen LogP contribution in [0.3, 0.4) is 0 Å². The standard InChI is InChI=1S/C15H23N3O4.ClH/c1-4-17-14(19)9-22-12-6-5-11(7-13(12)21-3)8-18-15(20)10(2)16;/h5-7,10H,4,8-9,16H2,1-3H3,(H,17,19)(H,18,20);1H/t10-;/m1./s1. The van der Waals surface area contributed by atoms with Crippen LogP contribution in [0.1, 0.15) is 19.4 Å². The molecule has 1 aromatic carbocycles. The summed E-state index contributed by atoms with van der Waals surface area (Å²) < 4.78 is 10.7. The van der Waals surface area contributed by atoms with Gasteiger partial charge in [0.05, 0.1) is 13.2 Å². The van der Waals surface area contributed by atoms with E-state index in [1.165, 1.54) is 7.11 Å². The van der Waals surface area contributed by atoms with Crippen molar-refractivity contribution in [2.24, 2.45) is 5.73 Å². The molecule has 0 heterocycles. The fraction of sp³-hybridized carbons (Fsp3) is 0.467. The molecule has 23 heavy (non-hydrogen) atoms. The molecule has 0 aliphatic rings. The first-order valence-corrected chi connectivity index (χ1v) is 7.07. The molecule has 0 aromatic heterocycles. The molecule has 4 N–H and O–H groups in total. The summed E-state index contributed by atoms with van der Waals surface area (Å²) in [5.74, 6) is 0.543. The molecule has 0 aliphatic carbocycles. The Balaban J connectivity index is 0.00000484. The van der Waals surface area contributed by atoms with Gasteiger partial charge < -0.3 is 25.8 Å². The van der Waals surface area contributed by atoms with E-state index in [9.17, 15) is 9.59 Å². The van der Waals surface area contributed by atoms with E-state index < -0.39 is 6.04 Å². The zero-order chi connectivity index (χ0) is 16.5. The quantitative estimate of drug-likeness (QED) is 0.640. The number of halogens is 1. The Hall–Kier alpha value is -1.99. The topological polar surface area (TPSA) is 103 Å². The minimum absolute atomic E-state index is 0. The van der Waals surface area contributed by atoms with Crippen LogP contribution >= 0.6 is 12.4 Å². The fourth-order valence-corrected chi connectivity index (χ4v) is 1.68. The van der Waals surface area contributed by atoms with E-state index in [4.69, 9.17) is 15.2 Å². The van der Waals surface area contributed by atoms with Crippen molar-refractivity contribution < 1.29 is 19.1 Å². The Bertz CT molecular complexity index is 523. The Kier molecular flexibility index (Phi) is 9.76. The van der Waals surface area contributed by atoms with E-state index in [0.29, 0.717) is 24.6 Å². The van der Waals surface area contributed by atoms with Gasteiger partial charge in [0.2, 0.25) is 5.91 Å². The number of methoxy groups -OCH3 is 1. The maximum Gasteiger partial charge on any atom is 0.257 e. The summed E-state index contributed by atoms with van der Waals surface area (Å²) in [6, 6.07) is 4.68. The Morgan fingerprint density at radius 3 is 2.52 bits per heavy atom. The second kappa shape index (κ2) is 10.7. The number of nitrogens with one attached hydrogen (secondary N) is 2. The van der Waals surface area contributed by atoms with Gasteiger partial charge >= 0.3 is 0 Å². The second-order valence-electron chi connectivity index (χ2n) is 4.73. The lowest BCUT2D eigenvalue weighted by molar-refractivity contribution is -0.123. The Labute approximate surface area is 142 Å². The van der Waals surface area contributed by atoms with Crippen molar-refractivity contribution >= 4 is 24.2 Å². The molecule has 1 aromatic rings. The summed E-state index contributed by atoms with van der Waals surface area (Å²) in [6.07, 6.45) is 0. The summed E-state index contributed by atoms with van der Waals surface area (Å²) in [4.78, 5) is 22.8. The maximum atomic E-state index is 11.4. The normalized spacial score (nSPS) is 11.0. The number of nitrogens with two attached hydrogens (primary N) is 1. The molecular weight excluding hydrogens is 322 g/mol. The van der Waals surface area contributed by atoms with Crippen LogP contribution in [0.25, 0.3) is 0 Å². The van der Waals surface area contributed by atoms with E-state index in [0.717, 1.165) is 5.56 Å². The molecule has 130 valence electrons. The van der Waals surface area contributed by atoms with Crippen LogP contribution in [0, 0.1) is 0 Å². The van der Waals surface area contributed by atoms with E-state index in [2.05, 4.69) is 10.6 Å². The second-order valence-corrected chi connectivity index (χ2v) is 4.73. The van der Waals surface area contributed by atoms with Gasteiger partial charge in [0, 0.05) is 13.1 Å². The van der Waals surface area contributed by atoms with Gasteiger partial charge in [-0.15, -0.1) is 12.4 Å². The smallest absolute Gasteiger partial charge is 0.257 e. The first-order chi connectivity index (χ1) is 10.5. The summed E-state index contributed by atoms with van der Waals surface area (Å²) >= 11 is 0. The highest BCUT2D eigenvalue weighted by Crippen LogP contribution is 2.27. The van der Waals surface area contributed by atoms with Crippen LogP contribution in [0.2, 0.25) is 0 Å². The fourth-order valence-electron chi connectivity index (χ4n) is 1.68. The van der Waals surface area contributed by atoms with Crippen molar-refractivity contribution in [3.8, 4) is 11.5 Å². The molecular formula is C15H24ClN3O4.